The summed E-state index contributed by atoms with van der Waals surface area (Å²) in [6.45, 7) is 3.21. The summed E-state index contributed by atoms with van der Waals surface area (Å²) in [5, 5.41) is 10.2. The highest BCUT2D eigenvalue weighted by molar-refractivity contribution is 9.09. The van der Waals surface area contributed by atoms with E-state index in [1.165, 1.54) is 34.8 Å². The number of rotatable bonds is 6. The van der Waals surface area contributed by atoms with Crippen molar-refractivity contribution < 1.29 is 22.8 Å². The minimum absolute atomic E-state index is 0.179. The van der Waals surface area contributed by atoms with Crippen LogP contribution in [0.15, 0.2) is 18.2 Å². The molecule has 174 valence electrons. The van der Waals surface area contributed by atoms with Crippen LogP contribution in [0.1, 0.15) is 63.5 Å². The molecule has 1 heterocycles. The van der Waals surface area contributed by atoms with Gasteiger partial charge < -0.3 is 0 Å². The van der Waals surface area contributed by atoms with E-state index in [0.717, 1.165) is 48.4 Å². The van der Waals surface area contributed by atoms with Crippen LogP contribution >= 0.6 is 27.9 Å². The van der Waals surface area contributed by atoms with Crippen LogP contribution in [-0.4, -0.2) is 32.4 Å². The van der Waals surface area contributed by atoms with E-state index in [4.69, 9.17) is 5.26 Å². The topological polar surface area (TPSA) is 64.4 Å². The van der Waals surface area contributed by atoms with Crippen molar-refractivity contribution in [2.45, 2.75) is 69.3 Å². The van der Waals surface area contributed by atoms with Gasteiger partial charge in [0.1, 0.15) is 5.54 Å². The van der Waals surface area contributed by atoms with Crippen molar-refractivity contribution in [3.8, 4) is 6.07 Å². The van der Waals surface area contributed by atoms with Crippen LogP contribution in [0.5, 0.6) is 0 Å². The SMILES string of the molecule is CC1(C)C(=O)N(c2ccc(C#N)c(C(F)(F)F)c2)C(=O)N1SC1CCC(CCCBr)CC1. The van der Waals surface area contributed by atoms with Crippen LogP contribution in [-0.2, 0) is 11.0 Å². The minimum atomic E-state index is -4.77. The molecule has 3 amide bonds. The van der Waals surface area contributed by atoms with Gasteiger partial charge in [0, 0.05) is 10.6 Å². The maximum atomic E-state index is 13.4. The summed E-state index contributed by atoms with van der Waals surface area (Å²) >= 11 is 4.78. The predicted molar refractivity (Wildman–Crippen MR) is 121 cm³/mol. The molecule has 0 bridgehead atoms. The van der Waals surface area contributed by atoms with Crippen LogP contribution in [0.3, 0.4) is 0 Å². The molecule has 1 saturated carbocycles. The molecule has 1 aromatic rings. The fourth-order valence-corrected chi connectivity index (χ4v) is 5.84. The molecule has 0 atom stereocenters. The highest BCUT2D eigenvalue weighted by Gasteiger charge is 2.53. The smallest absolute Gasteiger partial charge is 0.271 e. The first-order valence-corrected chi connectivity index (χ1v) is 12.5. The lowest BCUT2D eigenvalue weighted by molar-refractivity contribution is -0.137. The molecule has 10 heteroatoms. The van der Waals surface area contributed by atoms with Gasteiger partial charge in [-0.15, -0.1) is 0 Å². The number of nitrogens with zero attached hydrogens (tertiary/aromatic N) is 3. The van der Waals surface area contributed by atoms with Gasteiger partial charge in [-0.2, -0.15) is 18.4 Å². The van der Waals surface area contributed by atoms with Gasteiger partial charge in [-0.1, -0.05) is 15.9 Å². The van der Waals surface area contributed by atoms with Crippen molar-refractivity contribution in [2.24, 2.45) is 5.92 Å². The fraction of sp³-hybridized carbons (Fsp3) is 0.591. The third kappa shape index (κ3) is 4.93. The summed E-state index contributed by atoms with van der Waals surface area (Å²) < 4.78 is 41.6. The molecule has 2 fully saturated rings. The number of halogens is 4. The fourth-order valence-electron chi connectivity index (χ4n) is 4.23. The molecule has 0 aromatic heterocycles. The summed E-state index contributed by atoms with van der Waals surface area (Å²) in [5.74, 6) is 0.0862. The standard InChI is InChI=1S/C22H25BrF3N3O2S/c1-21(2)19(30)28(16-8-7-15(13-27)18(12-16)22(24,25)26)20(31)29(21)32-17-9-5-14(6-10-17)4-3-11-23/h7-8,12,14,17H,3-6,9-11H2,1-2H3. The third-order valence-electron chi connectivity index (χ3n) is 6.08. The molecule has 32 heavy (non-hydrogen) atoms. The van der Waals surface area contributed by atoms with Gasteiger partial charge in [-0.3, -0.25) is 9.10 Å². The molecule has 1 aromatic carbocycles. The van der Waals surface area contributed by atoms with Crippen LogP contribution in [0.25, 0.3) is 0 Å². The first-order chi connectivity index (χ1) is 15.0. The van der Waals surface area contributed by atoms with Gasteiger partial charge in [0.2, 0.25) is 0 Å². The van der Waals surface area contributed by atoms with E-state index in [-0.39, 0.29) is 10.9 Å². The molecule has 0 radical (unpaired) electrons. The molecule has 0 unspecified atom stereocenters. The number of hydrogen-bond acceptors (Lipinski definition) is 4. The largest absolute Gasteiger partial charge is 0.417 e. The number of benzene rings is 1. The summed E-state index contributed by atoms with van der Waals surface area (Å²) in [6, 6.07) is 3.77. The quantitative estimate of drug-likeness (QED) is 0.238. The molecule has 1 saturated heterocycles. The second kappa shape index (κ2) is 9.64. The lowest BCUT2D eigenvalue weighted by Crippen LogP contribution is -2.41. The Bertz CT molecular complexity index is 924. The van der Waals surface area contributed by atoms with Crippen LogP contribution in [0.4, 0.5) is 23.7 Å². The Morgan fingerprint density at radius 2 is 1.88 bits per heavy atom. The molecule has 0 N–H and O–H groups in total. The summed E-state index contributed by atoms with van der Waals surface area (Å²) in [5.41, 5.74) is -3.09. The second-order valence-electron chi connectivity index (χ2n) is 8.70. The van der Waals surface area contributed by atoms with Crippen molar-refractivity contribution in [3.63, 3.8) is 0 Å². The van der Waals surface area contributed by atoms with E-state index in [1.807, 2.05) is 0 Å². The minimum Gasteiger partial charge on any atom is -0.271 e. The predicted octanol–water partition coefficient (Wildman–Crippen LogP) is 6.51. The summed E-state index contributed by atoms with van der Waals surface area (Å²) in [4.78, 5) is 27.1. The highest BCUT2D eigenvalue weighted by Crippen LogP contribution is 2.43. The monoisotopic (exact) mass is 531 g/mol. The Morgan fingerprint density at radius 1 is 1.22 bits per heavy atom. The first kappa shape index (κ1) is 24.9. The second-order valence-corrected chi connectivity index (χ2v) is 10.7. The van der Waals surface area contributed by atoms with Gasteiger partial charge in [0.15, 0.2) is 0 Å². The van der Waals surface area contributed by atoms with Gasteiger partial charge in [-0.25, -0.2) is 9.69 Å². The molecule has 5 nitrogen and oxygen atoms in total. The normalized spacial score (nSPS) is 23.5. The van der Waals surface area contributed by atoms with E-state index in [2.05, 4.69) is 15.9 Å². The maximum absolute atomic E-state index is 13.4. The van der Waals surface area contributed by atoms with Crippen molar-refractivity contribution in [3.05, 3.63) is 29.3 Å². The lowest BCUT2D eigenvalue weighted by Gasteiger charge is -2.33. The highest BCUT2D eigenvalue weighted by atomic mass is 79.9. The zero-order valence-corrected chi connectivity index (χ0v) is 20.3. The van der Waals surface area contributed by atoms with Gasteiger partial charge in [0.05, 0.1) is 22.9 Å². The van der Waals surface area contributed by atoms with Crippen LogP contribution in [0.2, 0.25) is 0 Å². The third-order valence-corrected chi connectivity index (χ3v) is 8.23. The van der Waals surface area contributed by atoms with Gasteiger partial charge in [-0.05, 0) is 88.4 Å². The van der Waals surface area contributed by atoms with E-state index in [1.54, 1.807) is 13.8 Å². The molecule has 0 spiro atoms. The van der Waals surface area contributed by atoms with E-state index < -0.39 is 34.8 Å². The molecule has 1 aliphatic carbocycles. The number of carbonyl (C=O) groups is 2. The Hall–Kier alpha value is -1.73. The van der Waals surface area contributed by atoms with Crippen molar-refractivity contribution in [1.82, 2.24) is 4.31 Å². The number of anilines is 1. The zero-order chi connectivity index (χ0) is 23.7. The average molecular weight is 532 g/mol. The maximum Gasteiger partial charge on any atom is 0.417 e. The molecule has 1 aliphatic heterocycles. The molecular formula is C22H25BrF3N3O2S. The Labute approximate surface area is 198 Å². The number of urea groups is 1. The van der Waals surface area contributed by atoms with E-state index in [9.17, 15) is 22.8 Å². The van der Waals surface area contributed by atoms with Crippen molar-refractivity contribution >= 4 is 45.5 Å². The summed E-state index contributed by atoms with van der Waals surface area (Å²) in [7, 11) is 0. The Morgan fingerprint density at radius 3 is 2.44 bits per heavy atom. The Balaban J connectivity index is 1.80. The van der Waals surface area contributed by atoms with Crippen molar-refractivity contribution in [2.75, 3.05) is 10.2 Å². The van der Waals surface area contributed by atoms with Crippen molar-refractivity contribution in [1.29, 1.82) is 5.26 Å². The first-order valence-electron chi connectivity index (χ1n) is 10.5. The van der Waals surface area contributed by atoms with Crippen LogP contribution in [0, 0.1) is 17.2 Å². The Kier molecular flexibility index (Phi) is 7.50. The average Bonchev–Trinajstić information content (AvgIpc) is 2.91. The lowest BCUT2D eigenvalue weighted by atomic mass is 9.86. The zero-order valence-electron chi connectivity index (χ0n) is 17.9. The summed E-state index contributed by atoms with van der Waals surface area (Å²) in [6.07, 6.45) is 1.52. The number of alkyl halides is 4. The molecular weight excluding hydrogens is 507 g/mol. The number of imide groups is 1. The van der Waals surface area contributed by atoms with E-state index >= 15 is 0 Å². The number of nitriles is 1. The van der Waals surface area contributed by atoms with Gasteiger partial charge in [0.25, 0.3) is 5.91 Å². The number of hydrogen-bond donors (Lipinski definition) is 0. The van der Waals surface area contributed by atoms with Crippen LogP contribution < -0.4 is 4.90 Å². The number of amides is 3. The van der Waals surface area contributed by atoms with E-state index in [0.29, 0.717) is 12.0 Å². The molecule has 3 rings (SSSR count). The number of carbonyl (C=O) groups excluding carboxylic acids is 2. The molecule has 2 aliphatic rings. The van der Waals surface area contributed by atoms with Gasteiger partial charge >= 0.3 is 12.2 Å².